The summed E-state index contributed by atoms with van der Waals surface area (Å²) in [6.07, 6.45) is 1.49. The zero-order chi connectivity index (χ0) is 14.5. The third-order valence-electron chi connectivity index (χ3n) is 3.77. The summed E-state index contributed by atoms with van der Waals surface area (Å²) in [5.41, 5.74) is 0.681. The van der Waals surface area contributed by atoms with Crippen LogP contribution in [0, 0.1) is 5.92 Å². The van der Waals surface area contributed by atoms with Crippen LogP contribution in [0.3, 0.4) is 0 Å². The maximum atomic E-state index is 12.3. The van der Waals surface area contributed by atoms with Gasteiger partial charge in [0.25, 0.3) is 5.91 Å². The lowest BCUT2D eigenvalue weighted by Gasteiger charge is -2.18. The number of hydrogen-bond acceptors (Lipinski definition) is 3. The van der Waals surface area contributed by atoms with E-state index in [1.165, 1.54) is 0 Å². The Morgan fingerprint density at radius 3 is 2.70 bits per heavy atom. The summed E-state index contributed by atoms with van der Waals surface area (Å²) in [6.45, 7) is 5.91. The maximum absolute atomic E-state index is 12.3. The Kier molecular flexibility index (Phi) is 5.01. The monoisotopic (exact) mass is 277 g/mol. The third kappa shape index (κ3) is 3.51. The normalized spacial score (nSPS) is 19.9. The van der Waals surface area contributed by atoms with Crippen molar-refractivity contribution < 1.29 is 14.6 Å². The van der Waals surface area contributed by atoms with Gasteiger partial charge in [-0.1, -0.05) is 6.92 Å². The summed E-state index contributed by atoms with van der Waals surface area (Å²) >= 11 is 0. The molecule has 4 heteroatoms. The van der Waals surface area contributed by atoms with Crippen molar-refractivity contribution in [1.82, 2.24) is 4.90 Å². The molecule has 1 saturated heterocycles. The zero-order valence-electron chi connectivity index (χ0n) is 12.2. The Balaban J connectivity index is 1.96. The molecule has 0 spiro atoms. The molecule has 1 fully saturated rings. The number of carbonyl (C=O) groups is 1. The molecule has 20 heavy (non-hydrogen) atoms. The molecule has 0 bridgehead atoms. The van der Waals surface area contributed by atoms with Gasteiger partial charge in [0.1, 0.15) is 5.75 Å². The number of hydrogen-bond donors (Lipinski definition) is 1. The molecule has 0 saturated carbocycles. The molecular formula is C16H23NO3. The van der Waals surface area contributed by atoms with Crippen molar-refractivity contribution in [2.45, 2.75) is 32.8 Å². The van der Waals surface area contributed by atoms with Gasteiger partial charge in [-0.15, -0.1) is 0 Å². The van der Waals surface area contributed by atoms with Gasteiger partial charge in [0, 0.05) is 24.6 Å². The molecule has 4 nitrogen and oxygen atoms in total. The first-order chi connectivity index (χ1) is 9.61. The molecule has 1 N–H and O–H groups in total. The second-order valence-corrected chi connectivity index (χ2v) is 5.41. The topological polar surface area (TPSA) is 49.8 Å². The molecule has 2 unspecified atom stereocenters. The molecular weight excluding hydrogens is 254 g/mol. The number of rotatable bonds is 5. The minimum Gasteiger partial charge on any atom is -0.494 e. The number of carbonyl (C=O) groups excluding carboxylic acids is 1. The second kappa shape index (κ2) is 6.75. The molecule has 1 aliphatic heterocycles. The van der Waals surface area contributed by atoms with Crippen LogP contribution in [0.5, 0.6) is 5.75 Å². The molecule has 1 aromatic carbocycles. The lowest BCUT2D eigenvalue weighted by Crippen LogP contribution is -2.30. The number of amides is 1. The van der Waals surface area contributed by atoms with Gasteiger partial charge < -0.3 is 14.7 Å². The molecule has 0 aromatic heterocycles. The summed E-state index contributed by atoms with van der Waals surface area (Å²) in [5.74, 6) is 1.04. The van der Waals surface area contributed by atoms with Crippen molar-refractivity contribution in [1.29, 1.82) is 0 Å². The van der Waals surface area contributed by atoms with Gasteiger partial charge in [-0.2, -0.15) is 0 Å². The van der Waals surface area contributed by atoms with Gasteiger partial charge >= 0.3 is 0 Å². The van der Waals surface area contributed by atoms with Crippen LogP contribution in [-0.2, 0) is 0 Å². The van der Waals surface area contributed by atoms with Crippen LogP contribution in [0.15, 0.2) is 24.3 Å². The fourth-order valence-corrected chi connectivity index (χ4v) is 2.46. The predicted octanol–water partition coefficient (Wildman–Crippen LogP) is 2.32. The summed E-state index contributed by atoms with van der Waals surface area (Å²) in [7, 11) is 0. The zero-order valence-corrected chi connectivity index (χ0v) is 12.2. The molecule has 0 radical (unpaired) electrons. The van der Waals surface area contributed by atoms with Crippen molar-refractivity contribution in [3.63, 3.8) is 0 Å². The van der Waals surface area contributed by atoms with Gasteiger partial charge in [-0.05, 0) is 44.0 Å². The molecule has 0 aliphatic carbocycles. The van der Waals surface area contributed by atoms with E-state index in [0.29, 0.717) is 18.7 Å². The van der Waals surface area contributed by atoms with E-state index in [0.717, 1.165) is 25.1 Å². The van der Waals surface area contributed by atoms with Crippen molar-refractivity contribution in [2.24, 2.45) is 5.92 Å². The van der Waals surface area contributed by atoms with Crippen LogP contribution in [0.2, 0.25) is 0 Å². The van der Waals surface area contributed by atoms with E-state index in [1.807, 2.05) is 29.2 Å². The first-order valence-corrected chi connectivity index (χ1v) is 7.32. The standard InChI is InChI=1S/C16H23NO3/c1-3-10-20-15-6-4-13(5-7-15)16(19)17-9-8-14(11-17)12(2)18/h4-7,12,14,18H,3,8-11H2,1-2H3. The Hall–Kier alpha value is -1.55. The number of ether oxygens (including phenoxy) is 1. The third-order valence-corrected chi connectivity index (χ3v) is 3.77. The minimum absolute atomic E-state index is 0.0372. The molecule has 1 aromatic rings. The van der Waals surface area contributed by atoms with E-state index in [4.69, 9.17) is 4.74 Å². The van der Waals surface area contributed by atoms with E-state index < -0.39 is 0 Å². The van der Waals surface area contributed by atoms with Crippen molar-refractivity contribution in [3.8, 4) is 5.75 Å². The number of aliphatic hydroxyl groups is 1. The van der Waals surface area contributed by atoms with E-state index in [1.54, 1.807) is 6.92 Å². The van der Waals surface area contributed by atoms with E-state index in [9.17, 15) is 9.90 Å². The van der Waals surface area contributed by atoms with Crippen LogP contribution in [0.25, 0.3) is 0 Å². The van der Waals surface area contributed by atoms with Crippen molar-refractivity contribution in [2.75, 3.05) is 19.7 Å². The Labute approximate surface area is 120 Å². The van der Waals surface area contributed by atoms with Crippen LogP contribution < -0.4 is 4.74 Å². The summed E-state index contributed by atoms with van der Waals surface area (Å²) in [4.78, 5) is 14.2. The molecule has 110 valence electrons. The van der Waals surface area contributed by atoms with E-state index >= 15 is 0 Å². The second-order valence-electron chi connectivity index (χ2n) is 5.41. The fraction of sp³-hybridized carbons (Fsp3) is 0.562. The first kappa shape index (κ1) is 14.9. The highest BCUT2D eigenvalue weighted by atomic mass is 16.5. The van der Waals surface area contributed by atoms with E-state index in [-0.39, 0.29) is 17.9 Å². The average Bonchev–Trinajstić information content (AvgIpc) is 2.95. The van der Waals surface area contributed by atoms with Crippen LogP contribution in [-0.4, -0.2) is 41.7 Å². The van der Waals surface area contributed by atoms with Crippen molar-refractivity contribution >= 4 is 5.91 Å². The Bertz CT molecular complexity index is 442. The van der Waals surface area contributed by atoms with Crippen LogP contribution >= 0.6 is 0 Å². The Morgan fingerprint density at radius 2 is 2.15 bits per heavy atom. The van der Waals surface area contributed by atoms with E-state index in [2.05, 4.69) is 6.92 Å². The highest BCUT2D eigenvalue weighted by Gasteiger charge is 2.29. The lowest BCUT2D eigenvalue weighted by atomic mass is 10.0. The quantitative estimate of drug-likeness (QED) is 0.898. The van der Waals surface area contributed by atoms with Crippen molar-refractivity contribution in [3.05, 3.63) is 29.8 Å². The summed E-state index contributed by atoms with van der Waals surface area (Å²) in [5, 5.41) is 9.59. The van der Waals surface area contributed by atoms with Crippen LogP contribution in [0.4, 0.5) is 0 Å². The van der Waals surface area contributed by atoms with Crippen LogP contribution in [0.1, 0.15) is 37.0 Å². The molecule has 2 rings (SSSR count). The summed E-state index contributed by atoms with van der Waals surface area (Å²) < 4.78 is 5.51. The average molecular weight is 277 g/mol. The molecule has 1 heterocycles. The Morgan fingerprint density at radius 1 is 1.45 bits per heavy atom. The van der Waals surface area contributed by atoms with Gasteiger partial charge in [0.05, 0.1) is 12.7 Å². The largest absolute Gasteiger partial charge is 0.494 e. The highest BCUT2D eigenvalue weighted by molar-refractivity contribution is 5.94. The van der Waals surface area contributed by atoms with Gasteiger partial charge in [0.15, 0.2) is 0 Å². The smallest absolute Gasteiger partial charge is 0.253 e. The van der Waals surface area contributed by atoms with Gasteiger partial charge in [-0.3, -0.25) is 4.79 Å². The number of benzene rings is 1. The molecule has 2 atom stereocenters. The fourth-order valence-electron chi connectivity index (χ4n) is 2.46. The predicted molar refractivity (Wildman–Crippen MR) is 77.9 cm³/mol. The minimum atomic E-state index is -0.349. The molecule has 1 amide bonds. The highest BCUT2D eigenvalue weighted by Crippen LogP contribution is 2.22. The number of likely N-dealkylation sites (tertiary alicyclic amines) is 1. The summed E-state index contributed by atoms with van der Waals surface area (Å²) in [6, 6.07) is 7.29. The molecule has 1 aliphatic rings. The van der Waals surface area contributed by atoms with Gasteiger partial charge in [-0.25, -0.2) is 0 Å². The SMILES string of the molecule is CCCOc1ccc(C(=O)N2CCC(C(C)O)C2)cc1. The number of aliphatic hydroxyl groups excluding tert-OH is 1. The van der Waals surface area contributed by atoms with Gasteiger partial charge in [0.2, 0.25) is 0 Å². The number of nitrogens with zero attached hydrogens (tertiary/aromatic N) is 1. The maximum Gasteiger partial charge on any atom is 0.253 e. The lowest BCUT2D eigenvalue weighted by molar-refractivity contribution is 0.0762. The first-order valence-electron chi connectivity index (χ1n) is 7.32.